The summed E-state index contributed by atoms with van der Waals surface area (Å²) in [5, 5.41) is 10.4. The van der Waals surface area contributed by atoms with Crippen LogP contribution in [0.5, 0.6) is 0 Å². The minimum Gasteiger partial charge on any atom is -0.467 e. The van der Waals surface area contributed by atoms with Gasteiger partial charge in [-0.3, -0.25) is 24.0 Å². The average molecular weight is 762 g/mol. The SMILES string of the molecule is CCCC(NC(=O)[C@@H]1C[C@@H](c2ccccc2)CN1C(=O)[C@@H](NC(=O)OC(C)(C)C)C1CCCCC1)C(=O)C(=O)NCC(=O)N[C@H](C(=O)OC)c1ccccc1. The molecule has 1 saturated heterocycles. The minimum atomic E-state index is -1.24. The lowest BCUT2D eigenvalue weighted by atomic mass is 9.83. The van der Waals surface area contributed by atoms with Crippen molar-refractivity contribution in [3.8, 4) is 0 Å². The molecule has 5 atom stereocenters. The second-order valence-electron chi connectivity index (χ2n) is 15.2. The number of ketones is 1. The van der Waals surface area contributed by atoms with Gasteiger partial charge < -0.3 is 35.6 Å². The van der Waals surface area contributed by atoms with Crippen LogP contribution in [0.25, 0.3) is 0 Å². The number of nitrogens with one attached hydrogen (secondary N) is 4. The molecule has 14 nitrogen and oxygen atoms in total. The number of hydrogen-bond donors (Lipinski definition) is 4. The number of carbonyl (C=O) groups excluding carboxylic acids is 7. The number of likely N-dealkylation sites (tertiary alicyclic amines) is 1. The van der Waals surface area contributed by atoms with Crippen LogP contribution in [-0.2, 0) is 38.2 Å². The zero-order chi connectivity index (χ0) is 40.1. The van der Waals surface area contributed by atoms with Crippen LogP contribution >= 0.6 is 0 Å². The summed E-state index contributed by atoms with van der Waals surface area (Å²) in [6.45, 7) is 6.61. The van der Waals surface area contributed by atoms with E-state index in [0.29, 0.717) is 12.0 Å². The van der Waals surface area contributed by atoms with Crippen molar-refractivity contribution in [2.75, 3.05) is 20.2 Å². The molecule has 0 spiro atoms. The molecule has 2 aromatic rings. The second-order valence-corrected chi connectivity index (χ2v) is 15.2. The average Bonchev–Trinajstić information content (AvgIpc) is 3.63. The lowest BCUT2D eigenvalue weighted by molar-refractivity contribution is -0.145. The van der Waals surface area contributed by atoms with E-state index in [1.54, 1.807) is 58.0 Å². The minimum absolute atomic E-state index is 0.121. The van der Waals surface area contributed by atoms with E-state index in [9.17, 15) is 33.6 Å². The van der Waals surface area contributed by atoms with Crippen LogP contribution < -0.4 is 21.3 Å². The molecule has 5 amide bonds. The number of amides is 5. The first-order chi connectivity index (χ1) is 26.2. The maximum atomic E-state index is 14.5. The zero-order valence-electron chi connectivity index (χ0n) is 32.4. The lowest BCUT2D eigenvalue weighted by Crippen LogP contribution is -2.58. The van der Waals surface area contributed by atoms with Gasteiger partial charge >= 0.3 is 12.1 Å². The molecule has 0 aromatic heterocycles. The number of esters is 1. The summed E-state index contributed by atoms with van der Waals surface area (Å²) in [5.74, 6) is -4.88. The van der Waals surface area contributed by atoms with Crippen molar-refractivity contribution in [1.29, 1.82) is 0 Å². The van der Waals surface area contributed by atoms with Gasteiger partial charge in [-0.25, -0.2) is 9.59 Å². The van der Waals surface area contributed by atoms with Gasteiger partial charge in [0.2, 0.25) is 23.5 Å². The number of methoxy groups -OCH3 is 1. The fourth-order valence-electron chi connectivity index (χ4n) is 7.24. The summed E-state index contributed by atoms with van der Waals surface area (Å²) in [6, 6.07) is 13.6. The molecule has 2 aliphatic rings. The molecule has 0 bridgehead atoms. The lowest BCUT2D eigenvalue weighted by Gasteiger charge is -2.35. The van der Waals surface area contributed by atoms with E-state index in [4.69, 9.17) is 9.47 Å². The first-order valence-electron chi connectivity index (χ1n) is 19.1. The topological polar surface area (TPSA) is 189 Å². The molecular formula is C41H55N5O9. The molecule has 4 rings (SSSR count). The summed E-state index contributed by atoms with van der Waals surface area (Å²) in [7, 11) is 1.19. The standard InChI is InChI=1S/C41H55N5O9/c1-6-16-30(35(48)37(50)42-24-32(47)44-34(39(52)54-5)28-21-14-9-15-22-28)43-36(49)31-23-29(26-17-10-7-11-18-26)25-46(31)38(51)33(27-19-12-8-13-20-27)45-40(53)55-41(2,3)4/h7,9-11,14-15,17-18,21-22,27,29-31,33-34H,6,8,12-13,16,19-20,23-25H2,1-5H3,(H,42,50)(H,43,49)(H,44,47)(H,45,53)/t29-,30?,31+,33+,34+/m1/s1. The molecule has 0 radical (unpaired) electrons. The maximum absolute atomic E-state index is 14.5. The number of benzene rings is 2. The first kappa shape index (κ1) is 42.5. The van der Waals surface area contributed by atoms with E-state index in [2.05, 4.69) is 21.3 Å². The molecule has 2 fully saturated rings. The van der Waals surface area contributed by atoms with Crippen molar-refractivity contribution in [2.45, 2.75) is 115 Å². The Morgan fingerprint density at radius 3 is 2.09 bits per heavy atom. The molecule has 14 heteroatoms. The van der Waals surface area contributed by atoms with E-state index in [-0.39, 0.29) is 31.2 Å². The van der Waals surface area contributed by atoms with Gasteiger partial charge in [-0.2, -0.15) is 0 Å². The van der Waals surface area contributed by atoms with Crippen LogP contribution in [0.4, 0.5) is 4.79 Å². The fraction of sp³-hybridized carbons (Fsp3) is 0.537. The van der Waals surface area contributed by atoms with Gasteiger partial charge in [-0.05, 0) is 63.5 Å². The zero-order valence-corrected chi connectivity index (χ0v) is 32.4. The molecule has 1 saturated carbocycles. The predicted molar refractivity (Wildman–Crippen MR) is 203 cm³/mol. The van der Waals surface area contributed by atoms with Gasteiger partial charge in [0, 0.05) is 12.5 Å². The Morgan fingerprint density at radius 2 is 1.49 bits per heavy atom. The third-order valence-corrected chi connectivity index (χ3v) is 9.94. The predicted octanol–water partition coefficient (Wildman–Crippen LogP) is 3.85. The maximum Gasteiger partial charge on any atom is 0.408 e. The van der Waals surface area contributed by atoms with Crippen LogP contribution in [0.15, 0.2) is 60.7 Å². The van der Waals surface area contributed by atoms with Gasteiger partial charge in [0.05, 0.1) is 19.7 Å². The van der Waals surface area contributed by atoms with Crippen LogP contribution in [0.2, 0.25) is 0 Å². The van der Waals surface area contributed by atoms with E-state index < -0.39 is 77.8 Å². The number of alkyl carbamates (subject to hydrolysis) is 1. The molecule has 4 N–H and O–H groups in total. The summed E-state index contributed by atoms with van der Waals surface area (Å²) in [4.78, 5) is 95.0. The highest BCUT2D eigenvalue weighted by molar-refractivity contribution is 6.38. The van der Waals surface area contributed by atoms with Crippen molar-refractivity contribution < 1.29 is 43.0 Å². The van der Waals surface area contributed by atoms with Gasteiger partial charge in [-0.15, -0.1) is 0 Å². The van der Waals surface area contributed by atoms with Gasteiger partial charge in [0.15, 0.2) is 6.04 Å². The van der Waals surface area contributed by atoms with Crippen LogP contribution in [0, 0.1) is 5.92 Å². The molecular weight excluding hydrogens is 706 g/mol. The van der Waals surface area contributed by atoms with Gasteiger partial charge in [0.1, 0.15) is 17.7 Å². The molecule has 55 heavy (non-hydrogen) atoms. The van der Waals surface area contributed by atoms with E-state index in [1.165, 1.54) is 12.0 Å². The van der Waals surface area contributed by atoms with Gasteiger partial charge in [-0.1, -0.05) is 93.3 Å². The second kappa shape index (κ2) is 19.9. The van der Waals surface area contributed by atoms with E-state index in [1.807, 2.05) is 30.3 Å². The highest BCUT2D eigenvalue weighted by Gasteiger charge is 2.45. The Labute approximate surface area is 322 Å². The van der Waals surface area contributed by atoms with Crippen molar-refractivity contribution >= 4 is 41.5 Å². The normalized spacial score (nSPS) is 18.9. The quantitative estimate of drug-likeness (QED) is 0.154. The largest absolute Gasteiger partial charge is 0.467 e. The van der Waals surface area contributed by atoms with Crippen molar-refractivity contribution in [2.24, 2.45) is 5.92 Å². The molecule has 1 aliphatic carbocycles. The highest BCUT2D eigenvalue weighted by atomic mass is 16.6. The van der Waals surface area contributed by atoms with E-state index >= 15 is 0 Å². The summed E-state index contributed by atoms with van der Waals surface area (Å²) >= 11 is 0. The number of hydrogen-bond acceptors (Lipinski definition) is 9. The number of ether oxygens (including phenoxy) is 2. The van der Waals surface area contributed by atoms with Crippen LogP contribution in [-0.4, -0.2) is 90.3 Å². The number of Topliss-reactive ketones (excluding diaryl/α,β-unsaturated/α-hetero) is 1. The Balaban J connectivity index is 1.50. The molecule has 1 aliphatic heterocycles. The number of carbonyl (C=O) groups is 7. The van der Waals surface area contributed by atoms with Crippen LogP contribution in [0.3, 0.4) is 0 Å². The third-order valence-electron chi connectivity index (χ3n) is 9.94. The molecule has 2 aromatic carbocycles. The molecule has 298 valence electrons. The molecule has 1 heterocycles. The monoisotopic (exact) mass is 761 g/mol. The van der Waals surface area contributed by atoms with Crippen LogP contribution in [0.1, 0.15) is 102 Å². The summed E-state index contributed by atoms with van der Waals surface area (Å²) in [6.07, 6.45) is 4.40. The third kappa shape index (κ3) is 12.1. The first-order valence-corrected chi connectivity index (χ1v) is 19.1. The number of nitrogens with zero attached hydrogens (tertiary/aromatic N) is 1. The number of rotatable bonds is 15. The molecule has 1 unspecified atom stereocenters. The Bertz CT molecular complexity index is 1660. The smallest absolute Gasteiger partial charge is 0.408 e. The fourth-order valence-corrected chi connectivity index (χ4v) is 7.24. The van der Waals surface area contributed by atoms with Crippen molar-refractivity contribution in [1.82, 2.24) is 26.2 Å². The Morgan fingerprint density at radius 1 is 0.855 bits per heavy atom. The van der Waals surface area contributed by atoms with Crippen molar-refractivity contribution in [3.63, 3.8) is 0 Å². The Kier molecular flexibility index (Phi) is 15.4. The van der Waals surface area contributed by atoms with Gasteiger partial charge in [0.25, 0.3) is 5.91 Å². The van der Waals surface area contributed by atoms with Crippen molar-refractivity contribution in [3.05, 3.63) is 71.8 Å². The Hall–Kier alpha value is -5.27. The summed E-state index contributed by atoms with van der Waals surface area (Å²) in [5.41, 5.74) is 0.615. The summed E-state index contributed by atoms with van der Waals surface area (Å²) < 4.78 is 10.3. The van der Waals surface area contributed by atoms with E-state index in [0.717, 1.165) is 37.7 Å². The highest BCUT2D eigenvalue weighted by Crippen LogP contribution is 2.35.